The number of ether oxygens (including phenoxy) is 2. The number of carboxylic acid groups (broad SMARTS) is 1. The highest BCUT2D eigenvalue weighted by Crippen LogP contribution is 2.37. The number of carbonyl (C=O) groups is 2. The average Bonchev–Trinajstić information content (AvgIpc) is 2.84. The maximum Gasteiger partial charge on any atom is 0.410 e. The van der Waals surface area contributed by atoms with Crippen molar-refractivity contribution in [2.24, 2.45) is 0 Å². The van der Waals surface area contributed by atoms with Crippen molar-refractivity contribution in [2.45, 2.75) is 51.8 Å². The van der Waals surface area contributed by atoms with Crippen LogP contribution in [0.4, 0.5) is 4.79 Å². The molecule has 0 radical (unpaired) electrons. The molecule has 0 bridgehead atoms. The first-order valence-corrected chi connectivity index (χ1v) is 8.24. The molecule has 6 heteroatoms. The summed E-state index contributed by atoms with van der Waals surface area (Å²) in [5, 5.41) is 9.48. The average molecular weight is 335 g/mol. The van der Waals surface area contributed by atoms with Gasteiger partial charge >= 0.3 is 12.1 Å². The van der Waals surface area contributed by atoms with Gasteiger partial charge in [0.2, 0.25) is 0 Å². The fourth-order valence-corrected chi connectivity index (χ4v) is 3.14. The lowest BCUT2D eigenvalue weighted by Crippen LogP contribution is -2.44. The second-order valence-electron chi connectivity index (χ2n) is 6.31. The predicted octanol–water partition coefficient (Wildman–Crippen LogP) is 3.53. The molecule has 0 spiro atoms. The van der Waals surface area contributed by atoms with Gasteiger partial charge in [0.1, 0.15) is 5.72 Å². The van der Waals surface area contributed by atoms with E-state index in [-0.39, 0.29) is 17.9 Å². The molecule has 1 saturated heterocycles. The van der Waals surface area contributed by atoms with Gasteiger partial charge in [0.15, 0.2) is 0 Å². The number of hydrogen-bond acceptors (Lipinski definition) is 4. The van der Waals surface area contributed by atoms with E-state index in [2.05, 4.69) is 0 Å². The third-order valence-electron chi connectivity index (χ3n) is 4.40. The van der Waals surface area contributed by atoms with Crippen LogP contribution in [0.25, 0.3) is 0 Å². The van der Waals surface area contributed by atoms with Gasteiger partial charge in [0, 0.05) is 0 Å². The SMILES string of the molecule is CCOC(=O)C(CC)c1ccc(C2COC(C)(C)N2C(=O)O)cc1. The van der Waals surface area contributed by atoms with Crippen LogP contribution in [0, 0.1) is 0 Å². The topological polar surface area (TPSA) is 76.1 Å². The van der Waals surface area contributed by atoms with E-state index >= 15 is 0 Å². The van der Waals surface area contributed by atoms with E-state index in [0.29, 0.717) is 19.6 Å². The molecule has 2 rings (SSSR count). The third kappa shape index (κ3) is 3.53. The molecule has 1 aromatic carbocycles. The minimum atomic E-state index is -1.01. The molecule has 1 aliphatic rings. The molecule has 1 fully saturated rings. The molecule has 2 atom stereocenters. The Morgan fingerprint density at radius 1 is 1.33 bits per heavy atom. The summed E-state index contributed by atoms with van der Waals surface area (Å²) in [6, 6.07) is 7.11. The van der Waals surface area contributed by atoms with Crippen molar-refractivity contribution in [2.75, 3.05) is 13.2 Å². The lowest BCUT2D eigenvalue weighted by Gasteiger charge is -2.31. The summed E-state index contributed by atoms with van der Waals surface area (Å²) in [4.78, 5) is 24.9. The summed E-state index contributed by atoms with van der Waals surface area (Å²) in [5.41, 5.74) is 0.872. The van der Waals surface area contributed by atoms with Crippen molar-refractivity contribution in [3.8, 4) is 0 Å². The van der Waals surface area contributed by atoms with Gasteiger partial charge in [0.25, 0.3) is 0 Å². The van der Waals surface area contributed by atoms with Crippen LogP contribution in [0.15, 0.2) is 24.3 Å². The lowest BCUT2D eigenvalue weighted by atomic mass is 9.94. The molecule has 1 N–H and O–H groups in total. The minimum Gasteiger partial charge on any atom is -0.466 e. The molecule has 1 aromatic rings. The van der Waals surface area contributed by atoms with Crippen molar-refractivity contribution in [1.82, 2.24) is 4.90 Å². The van der Waals surface area contributed by atoms with E-state index in [9.17, 15) is 14.7 Å². The Morgan fingerprint density at radius 2 is 1.96 bits per heavy atom. The van der Waals surface area contributed by atoms with Crippen molar-refractivity contribution in [3.63, 3.8) is 0 Å². The number of nitrogens with zero attached hydrogens (tertiary/aromatic N) is 1. The molecule has 0 saturated carbocycles. The van der Waals surface area contributed by atoms with Crippen LogP contribution >= 0.6 is 0 Å². The molecule has 2 unspecified atom stereocenters. The van der Waals surface area contributed by atoms with Gasteiger partial charge in [-0.1, -0.05) is 31.2 Å². The van der Waals surface area contributed by atoms with Gasteiger partial charge < -0.3 is 14.6 Å². The first-order chi connectivity index (χ1) is 11.3. The van der Waals surface area contributed by atoms with Gasteiger partial charge in [0.05, 0.1) is 25.2 Å². The Hall–Kier alpha value is -2.08. The Bertz CT molecular complexity index is 596. The summed E-state index contributed by atoms with van der Waals surface area (Å²) in [6.07, 6.45) is -0.358. The number of esters is 1. The van der Waals surface area contributed by atoms with Crippen molar-refractivity contribution >= 4 is 12.1 Å². The van der Waals surface area contributed by atoms with Crippen LogP contribution in [-0.2, 0) is 14.3 Å². The molecule has 0 aromatic heterocycles. The highest BCUT2D eigenvalue weighted by atomic mass is 16.5. The number of benzene rings is 1. The van der Waals surface area contributed by atoms with Crippen LogP contribution in [0.1, 0.15) is 57.2 Å². The van der Waals surface area contributed by atoms with Gasteiger partial charge in [-0.3, -0.25) is 9.69 Å². The summed E-state index contributed by atoms with van der Waals surface area (Å²) in [7, 11) is 0. The molecule has 1 aliphatic heterocycles. The second kappa shape index (κ2) is 7.21. The van der Waals surface area contributed by atoms with Crippen LogP contribution in [0.3, 0.4) is 0 Å². The second-order valence-corrected chi connectivity index (χ2v) is 6.31. The Kier molecular flexibility index (Phi) is 5.49. The maximum absolute atomic E-state index is 12.0. The lowest BCUT2D eigenvalue weighted by molar-refractivity contribution is -0.145. The molecule has 132 valence electrons. The fourth-order valence-electron chi connectivity index (χ4n) is 3.14. The number of carbonyl (C=O) groups excluding carboxylic acids is 1. The molecular weight excluding hydrogens is 310 g/mol. The summed E-state index contributed by atoms with van der Waals surface area (Å²) >= 11 is 0. The number of rotatable bonds is 5. The van der Waals surface area contributed by atoms with Crippen molar-refractivity contribution < 1.29 is 24.2 Å². The summed E-state index contributed by atoms with van der Waals surface area (Å²) in [5.74, 6) is -0.531. The quantitative estimate of drug-likeness (QED) is 0.833. The van der Waals surface area contributed by atoms with Crippen molar-refractivity contribution in [3.05, 3.63) is 35.4 Å². The minimum absolute atomic E-state index is 0.231. The van der Waals surface area contributed by atoms with E-state index in [1.54, 1.807) is 20.8 Å². The van der Waals surface area contributed by atoms with E-state index in [1.807, 2.05) is 31.2 Å². The third-order valence-corrected chi connectivity index (χ3v) is 4.40. The Morgan fingerprint density at radius 3 is 2.46 bits per heavy atom. The fraction of sp³-hybridized carbons (Fsp3) is 0.556. The van der Waals surface area contributed by atoms with E-state index in [0.717, 1.165) is 11.1 Å². The van der Waals surface area contributed by atoms with Crippen LogP contribution in [0.5, 0.6) is 0 Å². The first-order valence-electron chi connectivity index (χ1n) is 8.24. The highest BCUT2D eigenvalue weighted by Gasteiger charge is 2.44. The Labute approximate surface area is 142 Å². The zero-order chi connectivity index (χ0) is 17.9. The molecule has 6 nitrogen and oxygen atoms in total. The molecular formula is C18H25NO5. The van der Waals surface area contributed by atoms with Crippen molar-refractivity contribution in [1.29, 1.82) is 0 Å². The van der Waals surface area contributed by atoms with Gasteiger partial charge in [-0.25, -0.2) is 4.79 Å². The summed E-state index contributed by atoms with van der Waals surface area (Å²) < 4.78 is 10.7. The maximum atomic E-state index is 12.0. The smallest absolute Gasteiger partial charge is 0.410 e. The first kappa shape index (κ1) is 18.3. The Balaban J connectivity index is 2.23. The monoisotopic (exact) mass is 335 g/mol. The largest absolute Gasteiger partial charge is 0.466 e. The van der Waals surface area contributed by atoms with Gasteiger partial charge in [-0.2, -0.15) is 0 Å². The normalized spacial score (nSPS) is 20.7. The van der Waals surface area contributed by atoms with E-state index in [1.165, 1.54) is 4.90 Å². The van der Waals surface area contributed by atoms with Gasteiger partial charge in [-0.05, 0) is 38.3 Å². The summed E-state index contributed by atoms with van der Waals surface area (Å²) in [6.45, 7) is 7.88. The number of amides is 1. The molecule has 1 amide bonds. The van der Waals surface area contributed by atoms with Crippen LogP contribution in [0.2, 0.25) is 0 Å². The van der Waals surface area contributed by atoms with E-state index in [4.69, 9.17) is 9.47 Å². The zero-order valence-electron chi connectivity index (χ0n) is 14.6. The van der Waals surface area contributed by atoms with E-state index < -0.39 is 11.8 Å². The van der Waals surface area contributed by atoms with Gasteiger partial charge in [-0.15, -0.1) is 0 Å². The van der Waals surface area contributed by atoms with Crippen LogP contribution < -0.4 is 0 Å². The molecule has 24 heavy (non-hydrogen) atoms. The highest BCUT2D eigenvalue weighted by molar-refractivity contribution is 5.78. The molecule has 1 heterocycles. The standard InChI is InChI=1S/C18H25NO5/c1-5-14(16(20)23-6-2)12-7-9-13(10-8-12)15-11-24-18(3,4)19(15)17(21)22/h7-10,14-15H,5-6,11H2,1-4H3,(H,21,22). The van der Waals surface area contributed by atoms with Crippen LogP contribution in [-0.4, -0.2) is 41.0 Å². The molecule has 0 aliphatic carbocycles. The zero-order valence-corrected chi connectivity index (χ0v) is 14.6. The number of hydrogen-bond donors (Lipinski definition) is 1. The predicted molar refractivity (Wildman–Crippen MR) is 88.7 cm³/mol.